The Balaban J connectivity index is 1.30. The zero-order valence-corrected chi connectivity index (χ0v) is 17.3. The number of likely N-dealkylation sites (tertiary alicyclic amines) is 1. The highest BCUT2D eigenvalue weighted by Crippen LogP contribution is 2.21. The Morgan fingerprint density at radius 3 is 2.14 bits per heavy atom. The number of amides is 2. The van der Waals surface area contributed by atoms with Crippen LogP contribution in [0.15, 0.2) is 0 Å². The molecule has 0 aromatic rings. The predicted octanol–water partition coefficient (Wildman–Crippen LogP) is -0.262. The Bertz CT molecular complexity index is 498. The van der Waals surface area contributed by atoms with Crippen LogP contribution in [-0.2, 0) is 19.1 Å². The lowest BCUT2D eigenvalue weighted by Crippen LogP contribution is -2.48. The van der Waals surface area contributed by atoms with E-state index in [9.17, 15) is 9.59 Å². The van der Waals surface area contributed by atoms with E-state index in [0.29, 0.717) is 32.8 Å². The van der Waals surface area contributed by atoms with Gasteiger partial charge in [0.1, 0.15) is 0 Å². The van der Waals surface area contributed by atoms with Gasteiger partial charge in [-0.15, -0.1) is 0 Å². The van der Waals surface area contributed by atoms with Crippen molar-refractivity contribution < 1.29 is 19.1 Å². The Labute approximate surface area is 168 Å². The number of hydrogen-bond donors (Lipinski definition) is 0. The van der Waals surface area contributed by atoms with Crippen molar-refractivity contribution in [2.24, 2.45) is 5.92 Å². The van der Waals surface area contributed by atoms with Gasteiger partial charge in [0.2, 0.25) is 11.8 Å². The monoisotopic (exact) mass is 396 g/mol. The summed E-state index contributed by atoms with van der Waals surface area (Å²) in [7, 11) is 1.73. The number of carbonyl (C=O) groups is 2. The molecule has 8 nitrogen and oxygen atoms in total. The number of hydrogen-bond acceptors (Lipinski definition) is 6. The fraction of sp³-hybridized carbons (Fsp3) is 0.900. The maximum absolute atomic E-state index is 12.5. The van der Waals surface area contributed by atoms with E-state index in [-0.39, 0.29) is 18.4 Å². The second kappa shape index (κ2) is 11.1. The third kappa shape index (κ3) is 6.69. The van der Waals surface area contributed by atoms with Gasteiger partial charge in [0, 0.05) is 33.2 Å². The van der Waals surface area contributed by atoms with Gasteiger partial charge < -0.3 is 19.3 Å². The lowest BCUT2D eigenvalue weighted by Gasteiger charge is -2.34. The topological polar surface area (TPSA) is 65.6 Å². The Kier molecular flexibility index (Phi) is 8.51. The molecule has 160 valence electrons. The smallest absolute Gasteiger partial charge is 0.242 e. The largest absolute Gasteiger partial charge is 0.379 e. The molecule has 0 spiro atoms. The molecule has 3 rings (SSSR count). The van der Waals surface area contributed by atoms with Crippen LogP contribution < -0.4 is 0 Å². The highest BCUT2D eigenvalue weighted by Gasteiger charge is 2.25. The standard InChI is InChI=1S/C20H36N4O4/c1-21(16-20(26)24-10-14-28-15-11-24)19(25)17-23-6-3-18(4-7-23)2-5-22-8-12-27-13-9-22/h18H,2-17H2,1H3. The number of piperidine rings is 1. The second-order valence-corrected chi connectivity index (χ2v) is 8.21. The van der Waals surface area contributed by atoms with Gasteiger partial charge in [0.15, 0.2) is 0 Å². The highest BCUT2D eigenvalue weighted by molar-refractivity contribution is 5.85. The van der Waals surface area contributed by atoms with E-state index in [1.807, 2.05) is 0 Å². The number of likely N-dealkylation sites (N-methyl/N-ethyl adjacent to an activating group) is 1. The van der Waals surface area contributed by atoms with Crippen molar-refractivity contribution in [3.63, 3.8) is 0 Å². The Morgan fingerprint density at radius 2 is 1.50 bits per heavy atom. The van der Waals surface area contributed by atoms with Crippen LogP contribution in [0.4, 0.5) is 0 Å². The van der Waals surface area contributed by atoms with Crippen molar-refractivity contribution in [1.82, 2.24) is 19.6 Å². The molecule has 0 radical (unpaired) electrons. The van der Waals surface area contributed by atoms with Crippen LogP contribution in [0.5, 0.6) is 0 Å². The van der Waals surface area contributed by atoms with E-state index in [2.05, 4.69) is 9.80 Å². The van der Waals surface area contributed by atoms with E-state index in [4.69, 9.17) is 9.47 Å². The second-order valence-electron chi connectivity index (χ2n) is 8.21. The average molecular weight is 397 g/mol. The molecule has 3 saturated heterocycles. The number of rotatable bonds is 7. The minimum Gasteiger partial charge on any atom is -0.379 e. The van der Waals surface area contributed by atoms with Gasteiger partial charge in [-0.3, -0.25) is 19.4 Å². The van der Waals surface area contributed by atoms with Crippen LogP contribution in [-0.4, -0.2) is 124 Å². The lowest BCUT2D eigenvalue weighted by atomic mass is 9.93. The molecule has 0 aromatic heterocycles. The van der Waals surface area contributed by atoms with Crippen LogP contribution in [0.1, 0.15) is 19.3 Å². The first-order valence-electron chi connectivity index (χ1n) is 10.7. The molecule has 3 aliphatic heterocycles. The van der Waals surface area contributed by atoms with E-state index < -0.39 is 0 Å². The summed E-state index contributed by atoms with van der Waals surface area (Å²) in [4.78, 5) is 32.9. The molecule has 2 amide bonds. The van der Waals surface area contributed by atoms with Gasteiger partial charge in [-0.25, -0.2) is 0 Å². The maximum atomic E-state index is 12.5. The highest BCUT2D eigenvalue weighted by atomic mass is 16.5. The number of carbonyl (C=O) groups excluding carboxylic acids is 2. The minimum absolute atomic E-state index is 0.0148. The first kappa shape index (κ1) is 21.5. The Morgan fingerprint density at radius 1 is 0.893 bits per heavy atom. The SMILES string of the molecule is CN(CC(=O)N1CCOCC1)C(=O)CN1CCC(CCN2CCOCC2)CC1. The molecular formula is C20H36N4O4. The molecule has 0 bridgehead atoms. The van der Waals surface area contributed by atoms with Crippen molar-refractivity contribution >= 4 is 11.8 Å². The maximum Gasteiger partial charge on any atom is 0.242 e. The van der Waals surface area contributed by atoms with Crippen LogP contribution in [0.25, 0.3) is 0 Å². The fourth-order valence-corrected chi connectivity index (χ4v) is 4.14. The summed E-state index contributed by atoms with van der Waals surface area (Å²) in [6.45, 7) is 9.97. The third-order valence-electron chi connectivity index (χ3n) is 6.19. The number of nitrogens with zero attached hydrogens (tertiary/aromatic N) is 4. The number of ether oxygens (including phenoxy) is 2. The van der Waals surface area contributed by atoms with Crippen LogP contribution in [0.3, 0.4) is 0 Å². The van der Waals surface area contributed by atoms with E-state index >= 15 is 0 Å². The summed E-state index contributed by atoms with van der Waals surface area (Å²) < 4.78 is 10.7. The molecule has 3 aliphatic rings. The van der Waals surface area contributed by atoms with E-state index in [1.54, 1.807) is 16.8 Å². The van der Waals surface area contributed by atoms with Crippen LogP contribution >= 0.6 is 0 Å². The van der Waals surface area contributed by atoms with Crippen molar-refractivity contribution in [2.45, 2.75) is 19.3 Å². The molecule has 0 aromatic carbocycles. The molecule has 0 unspecified atom stereocenters. The predicted molar refractivity (Wildman–Crippen MR) is 106 cm³/mol. The van der Waals surface area contributed by atoms with Gasteiger partial charge in [0.25, 0.3) is 0 Å². The van der Waals surface area contributed by atoms with Gasteiger partial charge in [-0.2, -0.15) is 0 Å². The minimum atomic E-state index is 0.0148. The molecule has 8 heteroatoms. The molecule has 28 heavy (non-hydrogen) atoms. The van der Waals surface area contributed by atoms with Crippen molar-refractivity contribution in [2.75, 3.05) is 92.4 Å². The average Bonchev–Trinajstić information content (AvgIpc) is 2.74. The van der Waals surface area contributed by atoms with E-state index in [1.165, 1.54) is 13.0 Å². The summed E-state index contributed by atoms with van der Waals surface area (Å²) in [5.74, 6) is 0.809. The third-order valence-corrected chi connectivity index (χ3v) is 6.19. The molecule has 3 heterocycles. The molecule has 0 atom stereocenters. The molecule has 0 saturated carbocycles. The summed E-state index contributed by atoms with van der Waals surface area (Å²) in [6.07, 6.45) is 3.57. The van der Waals surface area contributed by atoms with Crippen LogP contribution in [0, 0.1) is 5.92 Å². The molecule has 0 aliphatic carbocycles. The zero-order chi connectivity index (χ0) is 19.8. The fourth-order valence-electron chi connectivity index (χ4n) is 4.14. The molecule has 0 N–H and O–H groups in total. The van der Waals surface area contributed by atoms with Gasteiger partial charge in [-0.05, 0) is 44.8 Å². The van der Waals surface area contributed by atoms with Crippen molar-refractivity contribution in [3.05, 3.63) is 0 Å². The summed E-state index contributed by atoms with van der Waals surface area (Å²) >= 11 is 0. The van der Waals surface area contributed by atoms with Gasteiger partial charge in [-0.1, -0.05) is 0 Å². The zero-order valence-electron chi connectivity index (χ0n) is 17.3. The summed E-state index contributed by atoms with van der Waals surface area (Å²) in [6, 6.07) is 0. The van der Waals surface area contributed by atoms with Crippen molar-refractivity contribution in [3.8, 4) is 0 Å². The Hall–Kier alpha value is -1.22. The summed E-state index contributed by atoms with van der Waals surface area (Å²) in [5.41, 5.74) is 0. The normalized spacial score (nSPS) is 23.0. The van der Waals surface area contributed by atoms with Crippen LogP contribution in [0.2, 0.25) is 0 Å². The first-order chi connectivity index (χ1) is 13.6. The number of morpholine rings is 2. The molecular weight excluding hydrogens is 360 g/mol. The molecule has 3 fully saturated rings. The van der Waals surface area contributed by atoms with E-state index in [0.717, 1.165) is 58.2 Å². The summed E-state index contributed by atoms with van der Waals surface area (Å²) in [5, 5.41) is 0. The quantitative estimate of drug-likeness (QED) is 0.591. The van der Waals surface area contributed by atoms with Crippen molar-refractivity contribution in [1.29, 1.82) is 0 Å². The van der Waals surface area contributed by atoms with Gasteiger partial charge in [0.05, 0.1) is 39.5 Å². The lowest BCUT2D eigenvalue weighted by molar-refractivity contribution is -0.142. The first-order valence-corrected chi connectivity index (χ1v) is 10.7. The van der Waals surface area contributed by atoms with Gasteiger partial charge >= 0.3 is 0 Å².